The van der Waals surface area contributed by atoms with Gasteiger partial charge in [-0.2, -0.15) is 4.39 Å². The summed E-state index contributed by atoms with van der Waals surface area (Å²) in [6, 6.07) is 6.33. The summed E-state index contributed by atoms with van der Waals surface area (Å²) < 4.78 is 13.5. The van der Waals surface area contributed by atoms with Gasteiger partial charge < -0.3 is 10.6 Å². The molecular formula is C13H11FN4O3. The molecule has 1 amide bonds. The van der Waals surface area contributed by atoms with Gasteiger partial charge in [-0.25, -0.2) is 0 Å². The lowest BCUT2D eigenvalue weighted by Crippen LogP contribution is -2.14. The van der Waals surface area contributed by atoms with Gasteiger partial charge in [0.25, 0.3) is 5.91 Å². The van der Waals surface area contributed by atoms with Crippen molar-refractivity contribution in [3.8, 4) is 0 Å². The van der Waals surface area contributed by atoms with Gasteiger partial charge in [0.2, 0.25) is 5.82 Å². The highest BCUT2D eigenvalue weighted by Gasteiger charge is 2.15. The average Bonchev–Trinajstić information content (AvgIpc) is 2.47. The van der Waals surface area contributed by atoms with Crippen molar-refractivity contribution in [3.05, 3.63) is 58.2 Å². The van der Waals surface area contributed by atoms with Gasteiger partial charge in [-0.15, -0.1) is 0 Å². The maximum Gasteiger partial charge on any atom is 0.304 e. The molecule has 21 heavy (non-hydrogen) atoms. The molecule has 0 spiro atoms. The summed E-state index contributed by atoms with van der Waals surface area (Å²) in [5.74, 6) is -1.56. The molecule has 0 saturated carbocycles. The first-order chi connectivity index (χ1) is 10.0. The molecule has 1 aromatic carbocycles. The van der Waals surface area contributed by atoms with Crippen molar-refractivity contribution in [2.45, 2.75) is 0 Å². The number of nitrogens with one attached hydrogen (secondary N) is 2. The third-order valence-electron chi connectivity index (χ3n) is 2.68. The van der Waals surface area contributed by atoms with Crippen LogP contribution in [0.4, 0.5) is 21.5 Å². The number of carbonyl (C=O) groups excluding carboxylic acids is 1. The van der Waals surface area contributed by atoms with Crippen LogP contribution in [0, 0.1) is 15.9 Å². The van der Waals surface area contributed by atoms with Crippen molar-refractivity contribution in [1.82, 2.24) is 4.98 Å². The van der Waals surface area contributed by atoms with E-state index < -0.39 is 22.3 Å². The number of pyridine rings is 1. The maximum atomic E-state index is 13.5. The predicted molar refractivity (Wildman–Crippen MR) is 74.8 cm³/mol. The summed E-state index contributed by atoms with van der Waals surface area (Å²) in [7, 11) is 1.70. The Morgan fingerprint density at radius 1 is 1.29 bits per heavy atom. The van der Waals surface area contributed by atoms with Gasteiger partial charge in [0.1, 0.15) is 5.69 Å². The molecule has 108 valence electrons. The van der Waals surface area contributed by atoms with E-state index in [-0.39, 0.29) is 11.4 Å². The summed E-state index contributed by atoms with van der Waals surface area (Å²) in [4.78, 5) is 25.5. The molecule has 1 aromatic heterocycles. The molecule has 0 aliphatic heterocycles. The zero-order chi connectivity index (χ0) is 15.4. The van der Waals surface area contributed by atoms with Crippen LogP contribution >= 0.6 is 0 Å². The number of nitro groups is 1. The number of anilines is 2. The van der Waals surface area contributed by atoms with Gasteiger partial charge in [0.05, 0.1) is 4.92 Å². The third kappa shape index (κ3) is 3.30. The molecule has 0 unspecified atom stereocenters. The zero-order valence-electron chi connectivity index (χ0n) is 11.0. The Labute approximate surface area is 119 Å². The van der Waals surface area contributed by atoms with Crippen molar-refractivity contribution < 1.29 is 14.1 Å². The van der Waals surface area contributed by atoms with Crippen molar-refractivity contribution in [1.29, 1.82) is 0 Å². The Morgan fingerprint density at radius 3 is 2.67 bits per heavy atom. The highest BCUT2D eigenvalue weighted by atomic mass is 19.1. The Bertz CT molecular complexity index is 706. The second-order valence-corrected chi connectivity index (χ2v) is 4.06. The molecule has 2 N–H and O–H groups in total. The number of amides is 1. The molecule has 2 aromatic rings. The van der Waals surface area contributed by atoms with Gasteiger partial charge in [-0.3, -0.25) is 19.9 Å². The Balaban J connectivity index is 2.19. The second kappa shape index (κ2) is 5.95. The maximum absolute atomic E-state index is 13.5. The first-order valence-electron chi connectivity index (χ1n) is 5.90. The van der Waals surface area contributed by atoms with E-state index in [2.05, 4.69) is 15.6 Å². The minimum atomic E-state index is -1.02. The van der Waals surface area contributed by atoms with Crippen LogP contribution in [0.25, 0.3) is 0 Å². The zero-order valence-corrected chi connectivity index (χ0v) is 11.0. The average molecular weight is 290 g/mol. The minimum Gasteiger partial charge on any atom is -0.388 e. The number of aromatic nitrogens is 1. The summed E-state index contributed by atoms with van der Waals surface area (Å²) >= 11 is 0. The first kappa shape index (κ1) is 14.4. The van der Waals surface area contributed by atoms with Crippen molar-refractivity contribution >= 4 is 23.0 Å². The summed E-state index contributed by atoms with van der Waals surface area (Å²) in [5.41, 5.74) is 0.300. The number of carbonyl (C=O) groups is 1. The summed E-state index contributed by atoms with van der Waals surface area (Å²) in [6.45, 7) is 0. The molecule has 1 heterocycles. The van der Waals surface area contributed by atoms with Crippen LogP contribution in [-0.4, -0.2) is 22.9 Å². The highest BCUT2D eigenvalue weighted by Crippen LogP contribution is 2.21. The van der Waals surface area contributed by atoms with E-state index in [1.54, 1.807) is 13.1 Å². The number of nitro benzene ring substituents is 1. The van der Waals surface area contributed by atoms with E-state index in [9.17, 15) is 19.3 Å². The number of rotatable bonds is 4. The summed E-state index contributed by atoms with van der Waals surface area (Å²) in [5, 5.41) is 15.8. The van der Waals surface area contributed by atoms with E-state index in [0.717, 1.165) is 12.1 Å². The molecule has 8 heteroatoms. The topological polar surface area (TPSA) is 97.2 Å². The Kier molecular flexibility index (Phi) is 4.07. The lowest BCUT2D eigenvalue weighted by Gasteiger charge is -2.06. The quantitative estimate of drug-likeness (QED) is 0.665. The van der Waals surface area contributed by atoms with Crippen LogP contribution in [0.5, 0.6) is 0 Å². The molecule has 0 aliphatic rings. The van der Waals surface area contributed by atoms with Crippen molar-refractivity contribution in [3.63, 3.8) is 0 Å². The molecule has 0 fully saturated rings. The molecular weight excluding hydrogens is 279 g/mol. The minimum absolute atomic E-state index is 0.111. The van der Waals surface area contributed by atoms with Crippen LogP contribution in [0.1, 0.15) is 10.5 Å². The van der Waals surface area contributed by atoms with Crippen molar-refractivity contribution in [2.24, 2.45) is 0 Å². The number of benzene rings is 1. The largest absolute Gasteiger partial charge is 0.388 e. The van der Waals surface area contributed by atoms with Crippen LogP contribution < -0.4 is 10.6 Å². The van der Waals surface area contributed by atoms with E-state index in [4.69, 9.17) is 0 Å². The van der Waals surface area contributed by atoms with Gasteiger partial charge in [-0.05, 0) is 18.2 Å². The fraction of sp³-hybridized carbons (Fsp3) is 0.0769. The fourth-order valence-corrected chi connectivity index (χ4v) is 1.64. The van der Waals surface area contributed by atoms with E-state index in [1.807, 2.05) is 0 Å². The smallest absolute Gasteiger partial charge is 0.304 e. The molecule has 0 bridgehead atoms. The van der Waals surface area contributed by atoms with Gasteiger partial charge in [-0.1, -0.05) is 0 Å². The molecule has 0 radical (unpaired) electrons. The normalized spacial score (nSPS) is 10.0. The molecule has 0 saturated heterocycles. The first-order valence-corrected chi connectivity index (χ1v) is 5.90. The van der Waals surface area contributed by atoms with Gasteiger partial charge in [0, 0.05) is 36.8 Å². The van der Waals surface area contributed by atoms with Crippen LogP contribution in [0.15, 0.2) is 36.5 Å². The van der Waals surface area contributed by atoms with E-state index in [0.29, 0.717) is 5.69 Å². The molecule has 2 rings (SSSR count). The molecule has 7 nitrogen and oxygen atoms in total. The predicted octanol–water partition coefficient (Wildman–Crippen LogP) is 2.42. The number of nitrogens with zero attached hydrogens (tertiary/aromatic N) is 2. The molecule has 0 aliphatic carbocycles. The van der Waals surface area contributed by atoms with Crippen molar-refractivity contribution in [2.75, 3.05) is 17.7 Å². The Hall–Kier alpha value is -3.03. The van der Waals surface area contributed by atoms with Crippen LogP contribution in [0.2, 0.25) is 0 Å². The van der Waals surface area contributed by atoms with E-state index in [1.165, 1.54) is 18.3 Å². The van der Waals surface area contributed by atoms with Gasteiger partial charge >= 0.3 is 5.69 Å². The fourth-order valence-electron chi connectivity index (χ4n) is 1.64. The second-order valence-electron chi connectivity index (χ2n) is 4.06. The lowest BCUT2D eigenvalue weighted by molar-refractivity contribution is -0.387. The van der Waals surface area contributed by atoms with Crippen LogP contribution in [0.3, 0.4) is 0 Å². The SMILES string of the molecule is CNc1ccnc(C(=O)Nc2ccc([N+](=O)[O-])c(F)c2)c1. The monoisotopic (exact) mass is 290 g/mol. The Morgan fingerprint density at radius 2 is 2.05 bits per heavy atom. The van der Waals surface area contributed by atoms with Gasteiger partial charge in [0.15, 0.2) is 0 Å². The third-order valence-corrected chi connectivity index (χ3v) is 2.68. The number of halogens is 1. The lowest BCUT2D eigenvalue weighted by atomic mass is 10.2. The standard InChI is InChI=1S/C13H11FN4O3/c1-15-8-4-5-16-11(7-8)13(19)17-9-2-3-12(18(20)21)10(14)6-9/h2-7H,1H3,(H,15,16)(H,17,19). The highest BCUT2D eigenvalue weighted by molar-refractivity contribution is 6.03. The van der Waals surface area contributed by atoms with E-state index >= 15 is 0 Å². The molecule has 0 atom stereocenters. The summed E-state index contributed by atoms with van der Waals surface area (Å²) in [6.07, 6.45) is 1.46. The number of hydrogen-bond acceptors (Lipinski definition) is 5. The number of hydrogen-bond donors (Lipinski definition) is 2. The van der Waals surface area contributed by atoms with Crippen LogP contribution in [-0.2, 0) is 0 Å².